The number of amides is 1. The molecule has 0 radical (unpaired) electrons. The molecule has 1 aromatic carbocycles. The van der Waals surface area contributed by atoms with E-state index in [1.54, 1.807) is 29.9 Å². The molecule has 1 saturated carbocycles. The summed E-state index contributed by atoms with van der Waals surface area (Å²) in [5.41, 5.74) is 3.29. The molecular weight excluding hydrogens is 446 g/mol. The Balaban J connectivity index is 1.59. The lowest BCUT2D eigenvalue weighted by Crippen LogP contribution is -2.15. The predicted molar refractivity (Wildman–Crippen MR) is 122 cm³/mol. The number of carbonyl (C=O) groups is 1. The molecule has 3 heterocycles. The number of hydrogen-bond acceptors (Lipinski definition) is 5. The number of H-pyrrole nitrogens is 1. The van der Waals surface area contributed by atoms with E-state index in [1.165, 1.54) is 11.8 Å². The SMILES string of the molecule is CCc1c(F)c(SC(C)C#N)c2[nH]ncc2c1-c1ccn2nc(NC(=O)[C@@H]3C[C@@H]3F)cc2c1. The molecule has 0 aliphatic heterocycles. The van der Waals surface area contributed by atoms with Crippen molar-refractivity contribution in [1.29, 1.82) is 5.26 Å². The van der Waals surface area contributed by atoms with E-state index in [4.69, 9.17) is 0 Å². The number of nitrogens with zero attached hydrogens (tertiary/aromatic N) is 4. The van der Waals surface area contributed by atoms with Gasteiger partial charge >= 0.3 is 0 Å². The molecule has 168 valence electrons. The first-order valence-electron chi connectivity index (χ1n) is 10.6. The average Bonchev–Trinajstić information content (AvgIpc) is 3.18. The van der Waals surface area contributed by atoms with Crippen LogP contribution in [0.3, 0.4) is 0 Å². The maximum absolute atomic E-state index is 15.6. The minimum atomic E-state index is -1.08. The fraction of sp³-hybridized carbons (Fsp3) is 0.304. The maximum Gasteiger partial charge on any atom is 0.231 e. The number of benzene rings is 1. The maximum atomic E-state index is 15.6. The molecule has 1 unspecified atom stereocenters. The van der Waals surface area contributed by atoms with E-state index in [2.05, 4.69) is 26.7 Å². The van der Waals surface area contributed by atoms with E-state index in [0.29, 0.717) is 33.7 Å². The van der Waals surface area contributed by atoms with Crippen LogP contribution in [0.15, 0.2) is 35.5 Å². The van der Waals surface area contributed by atoms with Crippen molar-refractivity contribution >= 4 is 39.9 Å². The summed E-state index contributed by atoms with van der Waals surface area (Å²) in [5.74, 6) is -0.997. The van der Waals surface area contributed by atoms with Crippen molar-refractivity contribution in [2.24, 2.45) is 5.92 Å². The molecule has 33 heavy (non-hydrogen) atoms. The molecular formula is C23H20F2N6OS. The highest BCUT2D eigenvalue weighted by molar-refractivity contribution is 8.00. The highest BCUT2D eigenvalue weighted by Gasteiger charge is 2.43. The fourth-order valence-corrected chi connectivity index (χ4v) is 4.92. The number of carbonyl (C=O) groups excluding carboxylic acids is 1. The van der Waals surface area contributed by atoms with Gasteiger partial charge in [0.15, 0.2) is 5.82 Å². The summed E-state index contributed by atoms with van der Waals surface area (Å²) >= 11 is 1.17. The molecule has 1 amide bonds. The van der Waals surface area contributed by atoms with Gasteiger partial charge in [-0.25, -0.2) is 13.3 Å². The first-order chi connectivity index (χ1) is 15.9. The molecule has 10 heteroatoms. The zero-order chi connectivity index (χ0) is 23.3. The van der Waals surface area contributed by atoms with E-state index >= 15 is 4.39 Å². The van der Waals surface area contributed by atoms with Crippen molar-refractivity contribution in [1.82, 2.24) is 19.8 Å². The predicted octanol–water partition coefficient (Wildman–Crippen LogP) is 4.88. The molecule has 5 rings (SSSR count). The second-order valence-electron chi connectivity index (χ2n) is 8.06. The fourth-order valence-electron chi connectivity index (χ4n) is 4.01. The normalized spacial score (nSPS) is 18.4. The summed E-state index contributed by atoms with van der Waals surface area (Å²) in [5, 5.41) is 23.6. The Morgan fingerprint density at radius 1 is 1.48 bits per heavy atom. The Kier molecular flexibility index (Phi) is 5.29. The molecule has 3 aromatic heterocycles. The zero-order valence-corrected chi connectivity index (χ0v) is 18.7. The summed E-state index contributed by atoms with van der Waals surface area (Å²) < 4.78 is 30.4. The van der Waals surface area contributed by atoms with Crippen molar-refractivity contribution in [2.75, 3.05) is 5.32 Å². The molecule has 2 N–H and O–H groups in total. The quantitative estimate of drug-likeness (QED) is 0.395. The van der Waals surface area contributed by atoms with Crippen LogP contribution in [0, 0.1) is 23.1 Å². The molecule has 1 fully saturated rings. The first-order valence-corrected chi connectivity index (χ1v) is 11.5. The lowest BCUT2D eigenvalue weighted by molar-refractivity contribution is -0.117. The van der Waals surface area contributed by atoms with Crippen LogP contribution in [0.2, 0.25) is 0 Å². The van der Waals surface area contributed by atoms with Crippen LogP contribution in [0.4, 0.5) is 14.6 Å². The van der Waals surface area contributed by atoms with E-state index in [9.17, 15) is 14.4 Å². The molecule has 1 aliphatic rings. The number of nitrogens with one attached hydrogen (secondary N) is 2. The highest BCUT2D eigenvalue weighted by Crippen LogP contribution is 2.41. The second-order valence-corrected chi connectivity index (χ2v) is 9.41. The Bertz CT molecular complexity index is 1440. The summed E-state index contributed by atoms with van der Waals surface area (Å²) in [4.78, 5) is 12.4. The number of hydrogen-bond donors (Lipinski definition) is 2. The number of aromatic amines is 1. The highest BCUT2D eigenvalue weighted by atomic mass is 32.2. The van der Waals surface area contributed by atoms with Crippen molar-refractivity contribution in [3.8, 4) is 17.2 Å². The van der Waals surface area contributed by atoms with Gasteiger partial charge in [-0.1, -0.05) is 6.92 Å². The molecule has 1 aliphatic carbocycles. The lowest BCUT2D eigenvalue weighted by Gasteiger charge is -2.16. The third-order valence-electron chi connectivity index (χ3n) is 5.78. The van der Waals surface area contributed by atoms with Gasteiger partial charge in [-0.15, -0.1) is 11.8 Å². The number of thioether (sulfide) groups is 1. The lowest BCUT2D eigenvalue weighted by atomic mass is 9.94. The van der Waals surface area contributed by atoms with Gasteiger partial charge in [0.1, 0.15) is 12.0 Å². The smallest absolute Gasteiger partial charge is 0.231 e. The third-order valence-corrected chi connectivity index (χ3v) is 6.86. The van der Waals surface area contributed by atoms with Gasteiger partial charge in [0.05, 0.1) is 39.4 Å². The Hall–Kier alpha value is -3.45. The van der Waals surface area contributed by atoms with Crippen LogP contribution in [-0.4, -0.2) is 37.1 Å². The van der Waals surface area contributed by atoms with Gasteiger partial charge in [-0.2, -0.15) is 15.5 Å². The van der Waals surface area contributed by atoms with Gasteiger partial charge in [-0.3, -0.25) is 9.89 Å². The van der Waals surface area contributed by atoms with E-state index in [0.717, 1.165) is 16.5 Å². The summed E-state index contributed by atoms with van der Waals surface area (Å²) in [6.07, 6.45) is 3.02. The van der Waals surface area contributed by atoms with Crippen molar-refractivity contribution in [3.05, 3.63) is 42.0 Å². The Morgan fingerprint density at radius 3 is 2.97 bits per heavy atom. The standard InChI is InChI=1S/C23H20F2N6OS/c1-3-14-19(16-10-27-29-21(16)22(20(14)25)33-11(2)9-26)12-4-5-31-13(6-12)7-18(30-31)28-23(32)15-8-17(15)24/h4-7,10-11,15,17H,3,8H2,1-2H3,(H,27,29)(H,28,30,32)/t11?,15-,17+/m1/s1. The van der Waals surface area contributed by atoms with Crippen LogP contribution in [0.5, 0.6) is 0 Å². The minimum Gasteiger partial charge on any atom is -0.309 e. The van der Waals surface area contributed by atoms with E-state index in [1.807, 2.05) is 19.1 Å². The van der Waals surface area contributed by atoms with Crippen molar-refractivity contribution in [3.63, 3.8) is 0 Å². The van der Waals surface area contributed by atoms with Crippen LogP contribution < -0.4 is 5.32 Å². The summed E-state index contributed by atoms with van der Waals surface area (Å²) in [6, 6.07) is 7.52. The topological polar surface area (TPSA) is 98.9 Å². The number of aromatic nitrogens is 4. The van der Waals surface area contributed by atoms with Crippen LogP contribution in [0.1, 0.15) is 25.8 Å². The summed E-state index contributed by atoms with van der Waals surface area (Å²) in [6.45, 7) is 3.61. The minimum absolute atomic E-state index is 0.247. The number of rotatable bonds is 6. The Labute approximate surface area is 192 Å². The molecule has 7 nitrogen and oxygen atoms in total. The second kappa shape index (κ2) is 8.15. The van der Waals surface area contributed by atoms with Gasteiger partial charge in [0.2, 0.25) is 5.91 Å². The van der Waals surface area contributed by atoms with Crippen molar-refractivity contribution < 1.29 is 13.6 Å². The molecule has 4 aromatic rings. The van der Waals surface area contributed by atoms with Crippen LogP contribution in [-0.2, 0) is 11.2 Å². The van der Waals surface area contributed by atoms with E-state index < -0.39 is 17.3 Å². The number of alkyl halides is 1. The first kappa shape index (κ1) is 21.4. The Morgan fingerprint density at radius 2 is 2.27 bits per heavy atom. The van der Waals surface area contributed by atoms with Gasteiger partial charge in [0.25, 0.3) is 0 Å². The van der Waals surface area contributed by atoms with Gasteiger partial charge in [0, 0.05) is 17.6 Å². The number of pyridine rings is 1. The van der Waals surface area contributed by atoms with Crippen LogP contribution >= 0.6 is 11.8 Å². The zero-order valence-electron chi connectivity index (χ0n) is 17.9. The molecule has 0 saturated heterocycles. The van der Waals surface area contributed by atoms with Gasteiger partial charge < -0.3 is 5.32 Å². The number of fused-ring (bicyclic) bond motifs is 2. The number of halogens is 2. The van der Waals surface area contributed by atoms with E-state index in [-0.39, 0.29) is 18.1 Å². The monoisotopic (exact) mass is 466 g/mol. The number of nitriles is 1. The number of anilines is 1. The molecule has 3 atom stereocenters. The van der Waals surface area contributed by atoms with Crippen LogP contribution in [0.25, 0.3) is 27.5 Å². The van der Waals surface area contributed by atoms with Crippen molar-refractivity contribution in [2.45, 2.75) is 43.0 Å². The average molecular weight is 467 g/mol. The molecule has 0 bridgehead atoms. The summed E-state index contributed by atoms with van der Waals surface area (Å²) in [7, 11) is 0. The third kappa shape index (κ3) is 3.72. The molecule has 0 spiro atoms. The van der Waals surface area contributed by atoms with Gasteiger partial charge in [-0.05, 0) is 48.6 Å². The largest absolute Gasteiger partial charge is 0.309 e.